The van der Waals surface area contributed by atoms with Crippen molar-refractivity contribution in [2.24, 2.45) is 0 Å². The molecular formula is C13H18O5. The average Bonchev–Trinajstić information content (AvgIpc) is 2.87. The third-order valence-electron chi connectivity index (χ3n) is 3.24. The number of ether oxygens (including phenoxy) is 5. The van der Waals surface area contributed by atoms with Crippen molar-refractivity contribution >= 4 is 0 Å². The molecule has 0 amide bonds. The van der Waals surface area contributed by atoms with Gasteiger partial charge in [0.2, 0.25) is 0 Å². The number of hydrogen-bond acceptors (Lipinski definition) is 5. The maximum Gasteiger partial charge on any atom is 0.190 e. The van der Waals surface area contributed by atoms with Gasteiger partial charge in [-0.25, -0.2) is 0 Å². The highest BCUT2D eigenvalue weighted by Gasteiger charge is 2.54. The van der Waals surface area contributed by atoms with Crippen LogP contribution < -0.4 is 0 Å². The molecule has 0 saturated carbocycles. The molecule has 5 nitrogen and oxygen atoms in total. The Morgan fingerprint density at radius 2 is 1.56 bits per heavy atom. The van der Waals surface area contributed by atoms with E-state index in [0.717, 1.165) is 0 Å². The van der Waals surface area contributed by atoms with Crippen molar-refractivity contribution < 1.29 is 23.7 Å². The largest absolute Gasteiger partial charge is 0.346 e. The Kier molecular flexibility index (Phi) is 3.50. The molecule has 0 spiro atoms. The fourth-order valence-corrected chi connectivity index (χ4v) is 2.45. The second-order valence-corrected chi connectivity index (χ2v) is 4.50. The van der Waals surface area contributed by atoms with E-state index in [4.69, 9.17) is 23.7 Å². The lowest BCUT2D eigenvalue weighted by molar-refractivity contribution is -0.249. The van der Waals surface area contributed by atoms with Crippen molar-refractivity contribution in [2.75, 3.05) is 6.61 Å². The Labute approximate surface area is 106 Å². The van der Waals surface area contributed by atoms with E-state index in [-0.39, 0.29) is 37.2 Å². The summed E-state index contributed by atoms with van der Waals surface area (Å²) in [7, 11) is 0. The molecule has 5 heteroatoms. The summed E-state index contributed by atoms with van der Waals surface area (Å²) in [5.41, 5.74) is 0. The zero-order valence-corrected chi connectivity index (χ0v) is 10.5. The van der Waals surface area contributed by atoms with Gasteiger partial charge in [-0.15, -0.1) is 0 Å². The van der Waals surface area contributed by atoms with Crippen molar-refractivity contribution in [1.29, 1.82) is 0 Å². The molecule has 0 aromatic rings. The van der Waals surface area contributed by atoms with E-state index in [9.17, 15) is 0 Å². The smallest absolute Gasteiger partial charge is 0.190 e. The van der Waals surface area contributed by atoms with Crippen molar-refractivity contribution in [3.05, 3.63) is 24.3 Å². The van der Waals surface area contributed by atoms with Crippen LogP contribution >= 0.6 is 0 Å². The molecule has 3 aliphatic heterocycles. The molecular weight excluding hydrogens is 236 g/mol. The van der Waals surface area contributed by atoms with E-state index in [1.54, 1.807) is 0 Å². The highest BCUT2D eigenvalue weighted by Crippen LogP contribution is 2.37. The fourth-order valence-electron chi connectivity index (χ4n) is 2.45. The van der Waals surface area contributed by atoms with Gasteiger partial charge >= 0.3 is 0 Å². The summed E-state index contributed by atoms with van der Waals surface area (Å²) in [6.45, 7) is 4.37. The summed E-state index contributed by atoms with van der Waals surface area (Å²) >= 11 is 0. The Bertz CT molecular complexity index is 353. The molecule has 3 aliphatic rings. The molecule has 3 saturated heterocycles. The first-order valence-electron chi connectivity index (χ1n) is 6.31. The van der Waals surface area contributed by atoms with Crippen molar-refractivity contribution in [3.63, 3.8) is 0 Å². The number of allylic oxidation sites excluding steroid dienone is 2. The summed E-state index contributed by atoms with van der Waals surface area (Å²) in [4.78, 5) is 0. The van der Waals surface area contributed by atoms with E-state index >= 15 is 0 Å². The van der Waals surface area contributed by atoms with Gasteiger partial charge in [0.15, 0.2) is 18.9 Å². The Morgan fingerprint density at radius 1 is 0.833 bits per heavy atom. The Morgan fingerprint density at radius 3 is 2.33 bits per heavy atom. The third-order valence-corrected chi connectivity index (χ3v) is 3.24. The molecule has 2 unspecified atom stereocenters. The predicted octanol–water partition coefficient (Wildman–Crippen LogP) is 1.35. The number of hydrogen-bond donors (Lipinski definition) is 0. The van der Waals surface area contributed by atoms with Crippen LogP contribution in [0.2, 0.25) is 0 Å². The summed E-state index contributed by atoms with van der Waals surface area (Å²) in [5, 5.41) is 0. The predicted molar refractivity (Wildman–Crippen MR) is 62.6 cm³/mol. The standard InChI is InChI=1S/C13H18O5/c1-3-5-9-14-7-8-11(16-9)12-13(15-8)18-10(17-12)6-4-2/h3-6,8-13H,7H2,1-2H3/t8-,9?,10?,11+,12-,13-/m1/s1. The maximum atomic E-state index is 5.83. The minimum absolute atomic E-state index is 0.104. The molecule has 0 radical (unpaired) electrons. The van der Waals surface area contributed by atoms with E-state index < -0.39 is 0 Å². The van der Waals surface area contributed by atoms with Gasteiger partial charge in [0.05, 0.1) is 6.61 Å². The van der Waals surface area contributed by atoms with Crippen LogP contribution in [0.1, 0.15) is 13.8 Å². The van der Waals surface area contributed by atoms with E-state index in [0.29, 0.717) is 6.61 Å². The highest BCUT2D eigenvalue weighted by molar-refractivity contribution is 4.99. The zero-order valence-electron chi connectivity index (χ0n) is 10.5. The Balaban J connectivity index is 1.67. The summed E-state index contributed by atoms with van der Waals surface area (Å²) in [6.07, 6.45) is 6.14. The topological polar surface area (TPSA) is 46.2 Å². The van der Waals surface area contributed by atoms with Crippen molar-refractivity contribution in [2.45, 2.75) is 51.0 Å². The first-order chi connectivity index (χ1) is 8.81. The van der Waals surface area contributed by atoms with Crippen LogP contribution in [0.3, 0.4) is 0 Å². The molecule has 3 fully saturated rings. The summed E-state index contributed by atoms with van der Waals surface area (Å²) in [6, 6.07) is 0. The SMILES string of the molecule is CC=CC1OC[C@H]2O[C@@H]3OC(C=CC)O[C@@H]3[C@H]2O1. The van der Waals surface area contributed by atoms with E-state index in [1.165, 1.54) is 0 Å². The molecule has 0 aromatic carbocycles. The van der Waals surface area contributed by atoms with Gasteiger partial charge in [-0.3, -0.25) is 0 Å². The van der Waals surface area contributed by atoms with Crippen LogP contribution in [-0.2, 0) is 23.7 Å². The molecule has 3 rings (SSSR count). The molecule has 6 atom stereocenters. The van der Waals surface area contributed by atoms with Gasteiger partial charge in [-0.1, -0.05) is 12.2 Å². The minimum Gasteiger partial charge on any atom is -0.346 e. The first-order valence-corrected chi connectivity index (χ1v) is 6.31. The van der Waals surface area contributed by atoms with Crippen LogP contribution in [0.15, 0.2) is 24.3 Å². The van der Waals surface area contributed by atoms with Gasteiger partial charge in [0.25, 0.3) is 0 Å². The van der Waals surface area contributed by atoms with Gasteiger partial charge in [-0.05, 0) is 26.0 Å². The third kappa shape index (κ3) is 2.13. The monoisotopic (exact) mass is 254 g/mol. The number of fused-ring (bicyclic) bond motifs is 3. The van der Waals surface area contributed by atoms with Crippen molar-refractivity contribution in [3.8, 4) is 0 Å². The molecule has 100 valence electrons. The lowest BCUT2D eigenvalue weighted by Crippen LogP contribution is -2.45. The second kappa shape index (κ2) is 5.11. The van der Waals surface area contributed by atoms with Gasteiger partial charge in [-0.2, -0.15) is 0 Å². The quantitative estimate of drug-likeness (QED) is 0.696. The van der Waals surface area contributed by atoms with E-state index in [1.807, 2.05) is 38.2 Å². The summed E-state index contributed by atoms with van der Waals surface area (Å²) in [5.74, 6) is 0. The normalized spacial score (nSPS) is 47.9. The lowest BCUT2D eigenvalue weighted by atomic mass is 10.1. The Hall–Kier alpha value is -0.720. The summed E-state index contributed by atoms with van der Waals surface area (Å²) < 4.78 is 28.5. The first kappa shape index (κ1) is 12.3. The molecule has 3 heterocycles. The molecule has 18 heavy (non-hydrogen) atoms. The van der Waals surface area contributed by atoms with E-state index in [2.05, 4.69) is 0 Å². The zero-order chi connectivity index (χ0) is 12.5. The molecule has 0 aromatic heterocycles. The molecule has 0 bridgehead atoms. The maximum absolute atomic E-state index is 5.83. The van der Waals surface area contributed by atoms with Crippen molar-refractivity contribution in [1.82, 2.24) is 0 Å². The van der Waals surface area contributed by atoms with Crippen LogP contribution in [0.5, 0.6) is 0 Å². The second-order valence-electron chi connectivity index (χ2n) is 4.50. The van der Waals surface area contributed by atoms with Crippen LogP contribution in [-0.4, -0.2) is 43.8 Å². The van der Waals surface area contributed by atoms with Gasteiger partial charge in [0.1, 0.15) is 18.3 Å². The number of rotatable bonds is 2. The average molecular weight is 254 g/mol. The van der Waals surface area contributed by atoms with Crippen LogP contribution in [0.25, 0.3) is 0 Å². The van der Waals surface area contributed by atoms with Gasteiger partial charge < -0.3 is 23.7 Å². The van der Waals surface area contributed by atoms with Gasteiger partial charge in [0, 0.05) is 0 Å². The lowest BCUT2D eigenvalue weighted by Gasteiger charge is -2.31. The molecule has 0 aliphatic carbocycles. The minimum atomic E-state index is -0.353. The van der Waals surface area contributed by atoms with Crippen LogP contribution in [0.4, 0.5) is 0 Å². The highest BCUT2D eigenvalue weighted by atomic mass is 16.8. The fraction of sp³-hybridized carbons (Fsp3) is 0.692. The molecule has 0 N–H and O–H groups in total. The van der Waals surface area contributed by atoms with Crippen LogP contribution in [0, 0.1) is 0 Å².